The number of nitrogens with zero attached hydrogens (tertiary/aromatic N) is 2. The topological polar surface area (TPSA) is 76.8 Å². The molecule has 7 nitrogen and oxygen atoms in total. The summed E-state index contributed by atoms with van der Waals surface area (Å²) in [6, 6.07) is 16.5. The number of methoxy groups -OCH3 is 1. The molecule has 0 atom stereocenters. The monoisotopic (exact) mass is 409 g/mol. The Morgan fingerprint density at radius 3 is 2.57 bits per heavy atom. The lowest BCUT2D eigenvalue weighted by Gasteiger charge is -2.26. The fourth-order valence-electron chi connectivity index (χ4n) is 2.96. The highest BCUT2D eigenvalue weighted by Gasteiger charge is 2.20. The minimum Gasteiger partial charge on any atom is -0.497 e. The molecule has 2 amide bonds. The van der Waals surface area contributed by atoms with E-state index in [0.717, 1.165) is 17.1 Å². The van der Waals surface area contributed by atoms with E-state index in [9.17, 15) is 4.79 Å². The molecular weight excluding hydrogens is 382 g/mol. The van der Waals surface area contributed by atoms with Crippen LogP contribution in [-0.2, 0) is 6.54 Å². The fraction of sp³-hybridized carbons (Fsp3) is 0.304. The highest BCUT2D eigenvalue weighted by molar-refractivity contribution is 5.89. The van der Waals surface area contributed by atoms with Crippen LogP contribution in [0.3, 0.4) is 0 Å². The molecule has 158 valence electrons. The van der Waals surface area contributed by atoms with Gasteiger partial charge < -0.3 is 24.2 Å². The Morgan fingerprint density at radius 2 is 1.90 bits per heavy atom. The second-order valence-electron chi connectivity index (χ2n) is 7.02. The number of benzene rings is 2. The number of amides is 2. The van der Waals surface area contributed by atoms with Crippen LogP contribution in [0.4, 0.5) is 10.5 Å². The zero-order valence-corrected chi connectivity index (χ0v) is 17.7. The van der Waals surface area contributed by atoms with E-state index in [4.69, 9.17) is 14.0 Å². The van der Waals surface area contributed by atoms with Crippen LogP contribution in [0.2, 0.25) is 0 Å². The first-order valence-corrected chi connectivity index (χ1v) is 9.90. The van der Waals surface area contributed by atoms with Crippen molar-refractivity contribution in [3.63, 3.8) is 0 Å². The molecule has 7 heteroatoms. The largest absolute Gasteiger partial charge is 0.497 e. The number of urea groups is 1. The highest BCUT2D eigenvalue weighted by Crippen LogP contribution is 2.25. The maximum atomic E-state index is 12.8. The summed E-state index contributed by atoms with van der Waals surface area (Å²) in [6.45, 7) is 6.78. The van der Waals surface area contributed by atoms with E-state index in [1.165, 1.54) is 0 Å². The molecule has 1 aromatic heterocycles. The lowest BCUT2D eigenvalue weighted by Crippen LogP contribution is -2.39. The molecule has 2 aromatic carbocycles. The quantitative estimate of drug-likeness (QED) is 0.554. The smallest absolute Gasteiger partial charge is 0.322 e. The lowest BCUT2D eigenvalue weighted by molar-refractivity contribution is 0.191. The van der Waals surface area contributed by atoms with Crippen LogP contribution in [0.15, 0.2) is 59.1 Å². The third-order valence-corrected chi connectivity index (χ3v) is 4.55. The summed E-state index contributed by atoms with van der Waals surface area (Å²) in [6.07, 6.45) is 0. The molecule has 3 aromatic rings. The molecule has 0 fully saturated rings. The summed E-state index contributed by atoms with van der Waals surface area (Å²) < 4.78 is 16.2. The zero-order chi connectivity index (χ0) is 21.5. The van der Waals surface area contributed by atoms with Crippen LogP contribution in [0.25, 0.3) is 11.3 Å². The van der Waals surface area contributed by atoms with Crippen LogP contribution in [0, 0.1) is 0 Å². The van der Waals surface area contributed by atoms with E-state index >= 15 is 0 Å². The van der Waals surface area contributed by atoms with Gasteiger partial charge in [-0.2, -0.15) is 0 Å². The molecule has 0 spiro atoms. The zero-order valence-electron chi connectivity index (χ0n) is 17.7. The van der Waals surface area contributed by atoms with Crippen molar-refractivity contribution in [2.75, 3.05) is 19.0 Å². The third-order valence-electron chi connectivity index (χ3n) is 4.55. The predicted octanol–water partition coefficient (Wildman–Crippen LogP) is 5.19. The first-order valence-electron chi connectivity index (χ1n) is 9.90. The van der Waals surface area contributed by atoms with Gasteiger partial charge in [0.25, 0.3) is 0 Å². The molecule has 0 aliphatic heterocycles. The SMILES string of the molecule is CCOc1ccc(NC(=O)N(Cc2cc(-c3cccc(OC)c3)on2)C(C)C)cc1. The van der Waals surface area contributed by atoms with E-state index in [2.05, 4.69) is 10.5 Å². The second kappa shape index (κ2) is 9.82. The molecule has 0 bridgehead atoms. The number of carbonyl (C=O) groups excluding carboxylic acids is 1. The van der Waals surface area contributed by atoms with Crippen molar-refractivity contribution >= 4 is 11.7 Å². The van der Waals surface area contributed by atoms with Crippen LogP contribution in [-0.4, -0.2) is 35.8 Å². The molecule has 1 N–H and O–H groups in total. The van der Waals surface area contributed by atoms with Gasteiger partial charge >= 0.3 is 6.03 Å². The van der Waals surface area contributed by atoms with Gasteiger partial charge in [-0.3, -0.25) is 0 Å². The Hall–Kier alpha value is -3.48. The Kier molecular flexibility index (Phi) is 6.95. The Morgan fingerprint density at radius 1 is 1.13 bits per heavy atom. The van der Waals surface area contributed by atoms with Gasteiger partial charge in [-0.05, 0) is 57.2 Å². The maximum absolute atomic E-state index is 12.8. The molecule has 30 heavy (non-hydrogen) atoms. The van der Waals surface area contributed by atoms with Crippen molar-refractivity contribution in [2.45, 2.75) is 33.4 Å². The highest BCUT2D eigenvalue weighted by atomic mass is 16.5. The number of anilines is 1. The van der Waals surface area contributed by atoms with Gasteiger partial charge in [-0.1, -0.05) is 17.3 Å². The first-order chi connectivity index (χ1) is 14.5. The van der Waals surface area contributed by atoms with E-state index < -0.39 is 0 Å². The summed E-state index contributed by atoms with van der Waals surface area (Å²) in [5.74, 6) is 2.13. The normalized spacial score (nSPS) is 10.7. The molecule has 0 aliphatic carbocycles. The molecule has 0 unspecified atom stereocenters. The minimum absolute atomic E-state index is 0.0235. The van der Waals surface area contributed by atoms with Crippen molar-refractivity contribution < 1.29 is 18.8 Å². The van der Waals surface area contributed by atoms with E-state index in [0.29, 0.717) is 30.3 Å². The molecule has 0 saturated heterocycles. The molecule has 1 heterocycles. The van der Waals surface area contributed by atoms with Gasteiger partial charge in [0.2, 0.25) is 0 Å². The van der Waals surface area contributed by atoms with Gasteiger partial charge in [0.15, 0.2) is 5.76 Å². The number of rotatable bonds is 8. The minimum atomic E-state index is -0.208. The van der Waals surface area contributed by atoms with Gasteiger partial charge in [0.1, 0.15) is 17.2 Å². The Bertz CT molecular complexity index is 967. The summed E-state index contributed by atoms with van der Waals surface area (Å²) in [7, 11) is 1.62. The van der Waals surface area contributed by atoms with Crippen LogP contribution >= 0.6 is 0 Å². The van der Waals surface area contributed by atoms with Crippen molar-refractivity contribution in [2.24, 2.45) is 0 Å². The number of carbonyl (C=O) groups is 1. The van der Waals surface area contributed by atoms with Crippen LogP contribution < -0.4 is 14.8 Å². The van der Waals surface area contributed by atoms with Crippen LogP contribution in [0.5, 0.6) is 11.5 Å². The van der Waals surface area contributed by atoms with Gasteiger partial charge in [0.05, 0.1) is 20.3 Å². The third kappa shape index (κ3) is 5.31. The summed E-state index contributed by atoms with van der Waals surface area (Å²) in [4.78, 5) is 14.5. The number of ether oxygens (including phenoxy) is 2. The van der Waals surface area contributed by atoms with Crippen molar-refractivity contribution in [3.8, 4) is 22.8 Å². The summed E-state index contributed by atoms with van der Waals surface area (Å²) in [5, 5.41) is 7.06. The average molecular weight is 409 g/mol. The standard InChI is InChI=1S/C23H27N3O4/c1-5-29-20-11-9-18(10-12-20)24-23(27)26(16(2)3)15-19-14-22(30-25-19)17-7-6-8-21(13-17)28-4/h6-14,16H,5,15H2,1-4H3,(H,24,27). The first kappa shape index (κ1) is 21.2. The van der Waals surface area contributed by atoms with E-state index in [-0.39, 0.29) is 12.1 Å². The average Bonchev–Trinajstić information content (AvgIpc) is 3.22. The number of nitrogens with one attached hydrogen (secondary N) is 1. The molecule has 0 radical (unpaired) electrons. The van der Waals surface area contributed by atoms with E-state index in [1.807, 2.05) is 75.4 Å². The van der Waals surface area contributed by atoms with Crippen molar-refractivity contribution in [1.29, 1.82) is 0 Å². The van der Waals surface area contributed by atoms with Crippen molar-refractivity contribution in [1.82, 2.24) is 10.1 Å². The molecule has 3 rings (SSSR count). The van der Waals surface area contributed by atoms with Crippen LogP contribution in [0.1, 0.15) is 26.5 Å². The number of hydrogen-bond acceptors (Lipinski definition) is 5. The molecular formula is C23H27N3O4. The van der Waals surface area contributed by atoms with Crippen molar-refractivity contribution in [3.05, 3.63) is 60.3 Å². The Balaban J connectivity index is 1.69. The number of hydrogen-bond donors (Lipinski definition) is 1. The maximum Gasteiger partial charge on any atom is 0.322 e. The summed E-state index contributed by atoms with van der Waals surface area (Å²) >= 11 is 0. The van der Waals surface area contributed by atoms with Gasteiger partial charge in [0, 0.05) is 23.4 Å². The molecule has 0 aliphatic rings. The van der Waals surface area contributed by atoms with Gasteiger partial charge in [-0.15, -0.1) is 0 Å². The summed E-state index contributed by atoms with van der Waals surface area (Å²) in [5.41, 5.74) is 2.23. The Labute approximate surface area is 176 Å². The lowest BCUT2D eigenvalue weighted by atomic mass is 10.1. The second-order valence-corrected chi connectivity index (χ2v) is 7.02. The van der Waals surface area contributed by atoms with E-state index in [1.54, 1.807) is 12.0 Å². The number of aromatic nitrogens is 1. The molecule has 0 saturated carbocycles. The predicted molar refractivity (Wildman–Crippen MR) is 116 cm³/mol. The van der Waals surface area contributed by atoms with Gasteiger partial charge in [-0.25, -0.2) is 4.79 Å². The fourth-order valence-corrected chi connectivity index (χ4v) is 2.96.